The van der Waals surface area contributed by atoms with Crippen molar-refractivity contribution in [2.24, 2.45) is 0 Å². The van der Waals surface area contributed by atoms with Crippen LogP contribution in [0.4, 0.5) is 22.0 Å². The maximum absolute atomic E-state index is 16.0. The van der Waals surface area contributed by atoms with Crippen molar-refractivity contribution in [2.75, 3.05) is 21.3 Å². The summed E-state index contributed by atoms with van der Waals surface area (Å²) in [5.74, 6) is -12.5. The summed E-state index contributed by atoms with van der Waals surface area (Å²) >= 11 is 0. The number of nitrogens with zero attached hydrogens (tertiary/aromatic N) is 2. The molecule has 0 aliphatic carbocycles. The van der Waals surface area contributed by atoms with Gasteiger partial charge >= 0.3 is 17.9 Å². The lowest BCUT2D eigenvalue weighted by atomic mass is 10.0. The molecule has 2 aliphatic heterocycles. The molecule has 15 heteroatoms. The Labute approximate surface area is 365 Å². The summed E-state index contributed by atoms with van der Waals surface area (Å²) < 4.78 is 91.4. The van der Waals surface area contributed by atoms with Crippen LogP contribution >= 0.6 is 0 Å². The number of methoxy groups -OCH3 is 3. The van der Waals surface area contributed by atoms with Crippen molar-refractivity contribution >= 4 is 64.3 Å². The second kappa shape index (κ2) is 16.7. The number of carbonyl (C=O) groups excluding carboxylic acids is 3. The molecule has 0 unspecified atom stereocenters. The maximum Gasteiger partial charge on any atom is 0.337 e. The fourth-order valence-electron chi connectivity index (χ4n) is 7.88. The summed E-state index contributed by atoms with van der Waals surface area (Å²) in [7, 11) is 3.78. The molecule has 0 amide bonds. The normalized spacial score (nSPS) is 11.8. The molecule has 4 aromatic carbocycles. The van der Waals surface area contributed by atoms with Gasteiger partial charge < -0.3 is 24.2 Å². The number of halogens is 5. The van der Waals surface area contributed by atoms with Gasteiger partial charge in [0.25, 0.3) is 0 Å². The minimum absolute atomic E-state index is 0.0699. The van der Waals surface area contributed by atoms with Gasteiger partial charge in [-0.25, -0.2) is 46.3 Å². The smallest absolute Gasteiger partial charge is 0.337 e. The van der Waals surface area contributed by atoms with Crippen LogP contribution in [0.1, 0.15) is 53.8 Å². The molecule has 9 rings (SSSR count). The number of H-pyrrole nitrogens is 2. The van der Waals surface area contributed by atoms with E-state index < -0.39 is 58.1 Å². The zero-order valence-corrected chi connectivity index (χ0v) is 34.3. The average Bonchev–Trinajstić information content (AvgIpc) is 4.19. The summed E-state index contributed by atoms with van der Waals surface area (Å²) in [6.07, 6.45) is 6.45. The largest absolute Gasteiger partial charge is 0.465 e. The first kappa shape index (κ1) is 41.9. The van der Waals surface area contributed by atoms with Crippen LogP contribution in [0.5, 0.6) is 0 Å². The van der Waals surface area contributed by atoms with E-state index in [-0.39, 0.29) is 28.0 Å². The lowest BCUT2D eigenvalue weighted by molar-refractivity contribution is 0.0592. The van der Waals surface area contributed by atoms with Gasteiger partial charge in [-0.05, 0) is 102 Å². The fraction of sp³-hybridized carbons (Fsp3) is 0.0600. The summed E-state index contributed by atoms with van der Waals surface area (Å²) in [4.78, 5) is 53.8. The molecular weight excluding hydrogens is 848 g/mol. The predicted molar refractivity (Wildman–Crippen MR) is 234 cm³/mol. The van der Waals surface area contributed by atoms with E-state index in [2.05, 4.69) is 9.97 Å². The second-order valence-corrected chi connectivity index (χ2v) is 14.7. The molecule has 2 N–H and O–H groups in total. The third-order valence-electron chi connectivity index (χ3n) is 11.0. The summed E-state index contributed by atoms with van der Waals surface area (Å²) in [6.45, 7) is 0. The van der Waals surface area contributed by atoms with Crippen molar-refractivity contribution in [3.05, 3.63) is 166 Å². The number of nitrogens with one attached hydrogen (secondary N) is 2. The number of carbonyl (C=O) groups is 3. The van der Waals surface area contributed by atoms with Crippen molar-refractivity contribution in [1.29, 1.82) is 0 Å². The summed E-state index contributed by atoms with van der Waals surface area (Å²) in [5.41, 5.74) is 4.47. The average molecular weight is 879 g/mol. The SMILES string of the molecule is COC(=O)c1ccc(-c2c3nc(c(-c4ccc(C(=O)OC)cc4)c4ccc([nH]4)c(-c4c(F)c(F)c(F)c(F)c4F)c4nc(c(-c5ccc(C(=O)OC)cc5)c5ccc2[nH]5)C=C4)C=C3)cc1. The quantitative estimate of drug-likeness (QED) is 0.0531. The van der Waals surface area contributed by atoms with Crippen LogP contribution in [-0.4, -0.2) is 59.2 Å². The number of ether oxygens (including phenoxy) is 3. The van der Waals surface area contributed by atoms with Gasteiger partial charge in [-0.1, -0.05) is 36.4 Å². The molecule has 65 heavy (non-hydrogen) atoms. The van der Waals surface area contributed by atoms with Crippen molar-refractivity contribution < 1.29 is 50.5 Å². The van der Waals surface area contributed by atoms with E-state index in [9.17, 15) is 18.8 Å². The molecule has 3 aromatic heterocycles. The summed E-state index contributed by atoms with van der Waals surface area (Å²) in [6, 6.07) is 26.1. The standard InChI is InChI=1S/C50H31F5N4O6/c1-63-48(60)27-10-4-24(5-11-27)38-30-16-18-32(56-30)39(25-6-12-28(13-7-25)49(61)64-2)34-20-22-36(58-34)41(42-43(51)45(53)47(55)46(54)44(42)52)37-23-21-35(59-37)40(33-19-17-31(38)57-33)26-8-14-29(15-9-26)50(62)65-3/h4-23,56,59H,1-3H3. The number of aromatic amines is 2. The Kier molecular flexibility index (Phi) is 10.7. The highest BCUT2D eigenvalue weighted by Crippen LogP contribution is 2.41. The molecule has 322 valence electrons. The van der Waals surface area contributed by atoms with Gasteiger partial charge in [0.15, 0.2) is 23.3 Å². The Balaban J connectivity index is 1.45. The third kappa shape index (κ3) is 7.31. The zero-order chi connectivity index (χ0) is 45.7. The highest BCUT2D eigenvalue weighted by atomic mass is 19.2. The fourth-order valence-corrected chi connectivity index (χ4v) is 7.88. The van der Waals surface area contributed by atoms with Crippen LogP contribution in [0, 0.1) is 29.1 Å². The van der Waals surface area contributed by atoms with Gasteiger partial charge in [-0.2, -0.15) is 0 Å². The van der Waals surface area contributed by atoms with E-state index >= 15 is 17.6 Å². The Hall–Kier alpha value is -8.46. The molecule has 0 spiro atoms. The van der Waals surface area contributed by atoms with E-state index in [4.69, 9.17) is 24.2 Å². The van der Waals surface area contributed by atoms with Crippen LogP contribution in [0.15, 0.2) is 97.1 Å². The van der Waals surface area contributed by atoms with Crippen molar-refractivity contribution in [3.63, 3.8) is 0 Å². The summed E-state index contributed by atoms with van der Waals surface area (Å²) in [5, 5.41) is 0. The minimum atomic E-state index is -2.32. The van der Waals surface area contributed by atoms with E-state index in [0.29, 0.717) is 66.9 Å². The number of fused-ring (bicyclic) bond motifs is 8. The van der Waals surface area contributed by atoms with Crippen LogP contribution in [0.3, 0.4) is 0 Å². The number of rotatable bonds is 7. The maximum atomic E-state index is 16.0. The first-order chi connectivity index (χ1) is 31.4. The lowest BCUT2D eigenvalue weighted by Crippen LogP contribution is -2.05. The topological polar surface area (TPSA) is 136 Å². The highest BCUT2D eigenvalue weighted by molar-refractivity contribution is 6.01. The number of aromatic nitrogens is 4. The molecule has 5 heterocycles. The van der Waals surface area contributed by atoms with Crippen LogP contribution in [0.25, 0.3) is 90.9 Å². The van der Waals surface area contributed by atoms with E-state index in [1.165, 1.54) is 39.5 Å². The number of benzene rings is 4. The van der Waals surface area contributed by atoms with Gasteiger partial charge in [0, 0.05) is 44.3 Å². The molecule has 0 atom stereocenters. The molecule has 8 bridgehead atoms. The third-order valence-corrected chi connectivity index (χ3v) is 11.0. The zero-order valence-electron chi connectivity index (χ0n) is 34.3. The molecule has 0 radical (unpaired) electrons. The van der Waals surface area contributed by atoms with Crippen LogP contribution in [-0.2, 0) is 14.2 Å². The Morgan fingerprint density at radius 2 is 0.631 bits per heavy atom. The van der Waals surface area contributed by atoms with Gasteiger partial charge in [0.05, 0.1) is 66.4 Å². The molecule has 10 nitrogen and oxygen atoms in total. The van der Waals surface area contributed by atoms with Crippen LogP contribution < -0.4 is 0 Å². The molecule has 0 fully saturated rings. The Morgan fingerprint density at radius 1 is 0.369 bits per heavy atom. The predicted octanol–water partition coefficient (Wildman–Crippen LogP) is 11.4. The lowest BCUT2D eigenvalue weighted by Gasteiger charge is -2.10. The molecule has 2 aliphatic rings. The second-order valence-electron chi connectivity index (χ2n) is 14.7. The van der Waals surface area contributed by atoms with Crippen LogP contribution in [0.2, 0.25) is 0 Å². The first-order valence-electron chi connectivity index (χ1n) is 19.6. The first-order valence-corrected chi connectivity index (χ1v) is 19.6. The monoisotopic (exact) mass is 878 g/mol. The van der Waals surface area contributed by atoms with Gasteiger partial charge in [0.2, 0.25) is 5.82 Å². The van der Waals surface area contributed by atoms with Gasteiger partial charge in [-0.15, -0.1) is 0 Å². The molecule has 0 saturated carbocycles. The van der Waals surface area contributed by atoms with Crippen molar-refractivity contribution in [3.8, 4) is 44.5 Å². The molecule has 0 saturated heterocycles. The minimum Gasteiger partial charge on any atom is -0.465 e. The number of hydrogen-bond acceptors (Lipinski definition) is 8. The number of hydrogen-bond donors (Lipinski definition) is 2. The van der Waals surface area contributed by atoms with E-state index in [1.54, 1.807) is 103 Å². The molecular formula is C50H31F5N4O6. The van der Waals surface area contributed by atoms with Gasteiger partial charge in [0.1, 0.15) is 0 Å². The van der Waals surface area contributed by atoms with E-state index in [1.807, 2.05) is 0 Å². The molecule has 7 aromatic rings. The Morgan fingerprint density at radius 3 is 0.923 bits per heavy atom. The van der Waals surface area contributed by atoms with Gasteiger partial charge in [-0.3, -0.25) is 0 Å². The van der Waals surface area contributed by atoms with Crippen molar-refractivity contribution in [1.82, 2.24) is 19.9 Å². The number of esters is 3. The van der Waals surface area contributed by atoms with Crippen molar-refractivity contribution in [2.45, 2.75) is 0 Å². The Bertz CT molecular complexity index is 3290. The van der Waals surface area contributed by atoms with E-state index in [0.717, 1.165) is 0 Å². The highest BCUT2D eigenvalue weighted by Gasteiger charge is 2.30.